The topological polar surface area (TPSA) is 58.9 Å². The molecule has 2 N–H and O–H groups in total. The molecule has 1 atom stereocenters. The van der Waals surface area contributed by atoms with Gasteiger partial charge < -0.3 is 19.7 Å². The lowest BCUT2D eigenvalue weighted by molar-refractivity contribution is -0.293. The van der Waals surface area contributed by atoms with Gasteiger partial charge in [-0.15, -0.1) is 0 Å². The van der Waals surface area contributed by atoms with Crippen molar-refractivity contribution in [1.82, 2.24) is 0 Å². The smallest absolute Gasteiger partial charge is 0.348 e. The summed E-state index contributed by atoms with van der Waals surface area (Å²) in [6.07, 6.45) is 0.419. The van der Waals surface area contributed by atoms with Crippen molar-refractivity contribution in [3.05, 3.63) is 0 Å². The minimum absolute atomic E-state index is 0.188. The second kappa shape index (κ2) is 6.80. The van der Waals surface area contributed by atoms with E-state index in [0.29, 0.717) is 13.0 Å². The number of aliphatic hydroxyl groups is 2. The molecule has 0 radical (unpaired) electrons. The highest BCUT2D eigenvalue weighted by Crippen LogP contribution is 2.01. The van der Waals surface area contributed by atoms with E-state index in [9.17, 15) is 0 Å². The van der Waals surface area contributed by atoms with E-state index in [1.165, 1.54) is 0 Å². The third kappa shape index (κ3) is 5.95. The van der Waals surface area contributed by atoms with Crippen LogP contribution in [0.15, 0.2) is 0 Å². The summed E-state index contributed by atoms with van der Waals surface area (Å²) < 4.78 is 9.80. The van der Waals surface area contributed by atoms with Crippen molar-refractivity contribution in [2.24, 2.45) is 0 Å². The average molecular weight is 202 g/mol. The molecule has 14 heavy (non-hydrogen) atoms. The molecule has 0 aliphatic heterocycles. The summed E-state index contributed by atoms with van der Waals surface area (Å²) in [6, 6.07) is 0. The maximum atomic E-state index is 9.13. The molecule has 0 aromatic carbocycles. The maximum absolute atomic E-state index is 9.13. The van der Waals surface area contributed by atoms with Crippen molar-refractivity contribution in [3.8, 4) is 11.8 Å². The van der Waals surface area contributed by atoms with Gasteiger partial charge in [0.05, 0.1) is 6.61 Å². The Hall–Kier alpha value is -0.600. The van der Waals surface area contributed by atoms with E-state index in [1.807, 2.05) is 13.8 Å². The van der Waals surface area contributed by atoms with E-state index in [4.69, 9.17) is 14.9 Å². The van der Waals surface area contributed by atoms with Crippen LogP contribution in [-0.4, -0.2) is 35.5 Å². The van der Waals surface area contributed by atoms with E-state index in [-0.39, 0.29) is 12.7 Å². The van der Waals surface area contributed by atoms with Gasteiger partial charge in [-0.1, -0.05) is 12.8 Å². The summed E-state index contributed by atoms with van der Waals surface area (Å²) in [7, 11) is 0. The Morgan fingerprint density at radius 3 is 2.29 bits per heavy atom. The largest absolute Gasteiger partial charge is 0.366 e. The molecule has 0 aliphatic carbocycles. The fourth-order valence-electron chi connectivity index (χ4n) is 0.875. The Morgan fingerprint density at radius 2 is 1.86 bits per heavy atom. The Balaban J connectivity index is 4.22. The Kier molecular flexibility index (Phi) is 6.50. The van der Waals surface area contributed by atoms with Crippen molar-refractivity contribution in [2.45, 2.75) is 39.3 Å². The van der Waals surface area contributed by atoms with E-state index in [0.717, 1.165) is 0 Å². The molecule has 0 aromatic rings. The van der Waals surface area contributed by atoms with Gasteiger partial charge >= 0.3 is 5.97 Å². The summed E-state index contributed by atoms with van der Waals surface area (Å²) in [4.78, 5) is 0. The SMILES string of the molecule is CCOC(C#CC(O)(O)OCC)CC. The monoisotopic (exact) mass is 202 g/mol. The summed E-state index contributed by atoms with van der Waals surface area (Å²) in [5, 5.41) is 18.3. The van der Waals surface area contributed by atoms with E-state index in [2.05, 4.69) is 16.6 Å². The van der Waals surface area contributed by atoms with Gasteiger partial charge in [-0.25, -0.2) is 0 Å². The molecule has 1 unspecified atom stereocenters. The molecule has 4 nitrogen and oxygen atoms in total. The van der Waals surface area contributed by atoms with Crippen LogP contribution in [-0.2, 0) is 9.47 Å². The Labute approximate surface area is 84.8 Å². The lowest BCUT2D eigenvalue weighted by Gasteiger charge is -2.14. The molecule has 0 bridgehead atoms. The van der Waals surface area contributed by atoms with Crippen molar-refractivity contribution in [2.75, 3.05) is 13.2 Å². The first-order valence-corrected chi connectivity index (χ1v) is 4.78. The van der Waals surface area contributed by atoms with Gasteiger partial charge in [0.15, 0.2) is 0 Å². The maximum Gasteiger partial charge on any atom is 0.348 e. The molecule has 4 heteroatoms. The molecule has 0 aromatic heterocycles. The van der Waals surface area contributed by atoms with E-state index in [1.54, 1.807) is 6.92 Å². The van der Waals surface area contributed by atoms with Crippen LogP contribution in [0.3, 0.4) is 0 Å². The number of rotatable bonds is 5. The molecule has 0 saturated heterocycles. The van der Waals surface area contributed by atoms with Crippen LogP contribution in [0.4, 0.5) is 0 Å². The molecule has 0 heterocycles. The number of hydrogen-bond donors (Lipinski definition) is 2. The summed E-state index contributed by atoms with van der Waals surface area (Å²) in [5.74, 6) is 2.45. The van der Waals surface area contributed by atoms with Crippen LogP contribution < -0.4 is 0 Å². The molecular weight excluding hydrogens is 184 g/mol. The predicted octanol–water partition coefficient (Wildman–Crippen LogP) is 0.480. The molecule has 0 saturated carbocycles. The fraction of sp³-hybridized carbons (Fsp3) is 0.800. The van der Waals surface area contributed by atoms with Crippen LogP contribution in [0.5, 0.6) is 0 Å². The summed E-state index contributed by atoms with van der Waals surface area (Å²) >= 11 is 0. The van der Waals surface area contributed by atoms with Gasteiger partial charge in [0.1, 0.15) is 6.10 Å². The number of hydrogen-bond acceptors (Lipinski definition) is 4. The van der Waals surface area contributed by atoms with Gasteiger partial charge in [0.2, 0.25) is 0 Å². The first-order valence-electron chi connectivity index (χ1n) is 4.78. The van der Waals surface area contributed by atoms with Crippen LogP contribution in [0.1, 0.15) is 27.2 Å². The third-order valence-corrected chi connectivity index (χ3v) is 1.48. The number of ether oxygens (including phenoxy) is 2. The van der Waals surface area contributed by atoms with Crippen LogP contribution in [0.2, 0.25) is 0 Å². The van der Waals surface area contributed by atoms with E-state index >= 15 is 0 Å². The van der Waals surface area contributed by atoms with Crippen molar-refractivity contribution < 1.29 is 19.7 Å². The van der Waals surface area contributed by atoms with Gasteiger partial charge in [-0.3, -0.25) is 0 Å². The zero-order valence-corrected chi connectivity index (χ0v) is 8.91. The van der Waals surface area contributed by atoms with Crippen LogP contribution >= 0.6 is 0 Å². The van der Waals surface area contributed by atoms with Gasteiger partial charge in [-0.05, 0) is 26.2 Å². The normalized spacial score (nSPS) is 13.2. The van der Waals surface area contributed by atoms with Crippen molar-refractivity contribution >= 4 is 0 Å². The molecule has 0 amide bonds. The second-order valence-electron chi connectivity index (χ2n) is 2.66. The lowest BCUT2D eigenvalue weighted by Crippen LogP contribution is -2.30. The summed E-state index contributed by atoms with van der Waals surface area (Å²) in [5.41, 5.74) is 0. The van der Waals surface area contributed by atoms with Gasteiger partial charge in [-0.2, -0.15) is 0 Å². The molecule has 0 spiro atoms. The zero-order chi connectivity index (χ0) is 11.0. The Bertz CT molecular complexity index is 202. The first kappa shape index (κ1) is 13.4. The fourth-order valence-corrected chi connectivity index (χ4v) is 0.875. The Morgan fingerprint density at radius 1 is 1.21 bits per heavy atom. The zero-order valence-electron chi connectivity index (χ0n) is 8.91. The van der Waals surface area contributed by atoms with Gasteiger partial charge in [0.25, 0.3) is 0 Å². The molecule has 0 rings (SSSR count). The lowest BCUT2D eigenvalue weighted by atomic mass is 10.3. The van der Waals surface area contributed by atoms with Crippen LogP contribution in [0.25, 0.3) is 0 Å². The molecule has 0 fully saturated rings. The highest BCUT2D eigenvalue weighted by molar-refractivity contribution is 5.09. The van der Waals surface area contributed by atoms with Gasteiger partial charge in [0, 0.05) is 6.61 Å². The van der Waals surface area contributed by atoms with Crippen molar-refractivity contribution in [3.63, 3.8) is 0 Å². The van der Waals surface area contributed by atoms with Crippen molar-refractivity contribution in [1.29, 1.82) is 0 Å². The highest BCUT2D eigenvalue weighted by Gasteiger charge is 2.19. The minimum Gasteiger partial charge on any atom is -0.366 e. The van der Waals surface area contributed by atoms with E-state index < -0.39 is 5.97 Å². The summed E-state index contributed by atoms with van der Waals surface area (Å²) in [6.45, 7) is 6.16. The average Bonchev–Trinajstić information content (AvgIpc) is 2.12. The minimum atomic E-state index is -2.36. The highest BCUT2D eigenvalue weighted by atomic mass is 16.8. The molecular formula is C10H18O4. The quantitative estimate of drug-likeness (QED) is 0.503. The third-order valence-electron chi connectivity index (χ3n) is 1.48. The standard InChI is InChI=1S/C10H18O4/c1-4-9(13-5-2)7-8-10(11,12)14-6-3/h9,11-12H,4-6H2,1-3H3. The molecule has 0 aliphatic rings. The second-order valence-corrected chi connectivity index (χ2v) is 2.66. The predicted molar refractivity (Wildman–Crippen MR) is 52.3 cm³/mol. The molecule has 82 valence electrons. The van der Waals surface area contributed by atoms with Crippen LogP contribution in [0, 0.1) is 11.8 Å². The first-order chi connectivity index (χ1) is 6.55.